The lowest BCUT2D eigenvalue weighted by atomic mass is 10.1. The molecule has 0 fully saturated rings. The zero-order valence-corrected chi connectivity index (χ0v) is 13.7. The number of carbonyl (C=O) groups is 1. The molecule has 0 radical (unpaired) electrons. The fourth-order valence-corrected chi connectivity index (χ4v) is 3.65. The Bertz CT molecular complexity index is 696. The van der Waals surface area contributed by atoms with Crippen LogP contribution in [-0.2, 0) is 0 Å². The monoisotopic (exact) mass is 323 g/mol. The summed E-state index contributed by atoms with van der Waals surface area (Å²) in [6.07, 6.45) is 0. The van der Waals surface area contributed by atoms with Gasteiger partial charge in [-0.3, -0.25) is 4.79 Å². The highest BCUT2D eigenvalue weighted by Crippen LogP contribution is 2.34. The third-order valence-corrected chi connectivity index (χ3v) is 4.56. The fourth-order valence-electron chi connectivity index (χ4n) is 2.34. The third kappa shape index (κ3) is 3.31. The maximum Gasteiger partial charge on any atom is 0.250 e. The van der Waals surface area contributed by atoms with Crippen molar-refractivity contribution in [1.29, 1.82) is 0 Å². The van der Waals surface area contributed by atoms with E-state index in [0.29, 0.717) is 22.0 Å². The summed E-state index contributed by atoms with van der Waals surface area (Å²) in [5, 5.41) is 3.67. The normalized spacial score (nSPS) is 12.2. The molecule has 2 aromatic rings. The molecular weight excluding hydrogens is 306 g/mol. The molecule has 0 bridgehead atoms. The van der Waals surface area contributed by atoms with Crippen LogP contribution in [0.5, 0.6) is 0 Å². The minimum atomic E-state index is -0.558. The second kappa shape index (κ2) is 5.95. The van der Waals surface area contributed by atoms with Crippen molar-refractivity contribution in [2.24, 2.45) is 5.73 Å². The van der Waals surface area contributed by atoms with Crippen LogP contribution >= 0.6 is 22.9 Å². The van der Waals surface area contributed by atoms with Crippen LogP contribution in [0.3, 0.4) is 0 Å². The fraction of sp³-hybridized carbons (Fsp3) is 0.267. The molecule has 0 saturated carbocycles. The number of benzene rings is 1. The molecular formula is C15H18ClN3OS. The number of nitrogens with two attached hydrogens (primary N) is 2. The molecule has 1 aromatic heterocycles. The van der Waals surface area contributed by atoms with Gasteiger partial charge in [0.05, 0.1) is 16.3 Å². The molecule has 1 atom stereocenters. The smallest absolute Gasteiger partial charge is 0.250 e. The highest BCUT2D eigenvalue weighted by atomic mass is 35.5. The van der Waals surface area contributed by atoms with Crippen molar-refractivity contribution >= 4 is 40.2 Å². The molecule has 0 aliphatic rings. The summed E-state index contributed by atoms with van der Waals surface area (Å²) in [5.41, 5.74) is 13.5. The van der Waals surface area contributed by atoms with Crippen LogP contribution in [-0.4, -0.2) is 5.91 Å². The first-order chi connectivity index (χ1) is 9.79. The highest BCUT2D eigenvalue weighted by molar-refractivity contribution is 7.12. The predicted octanol–water partition coefficient (Wildman–Crippen LogP) is 3.87. The first-order valence-electron chi connectivity index (χ1n) is 6.52. The lowest BCUT2D eigenvalue weighted by Crippen LogP contribution is -2.17. The van der Waals surface area contributed by atoms with E-state index >= 15 is 0 Å². The topological polar surface area (TPSA) is 81.1 Å². The Hall–Kier alpha value is -1.72. The van der Waals surface area contributed by atoms with E-state index in [1.165, 1.54) is 21.4 Å². The van der Waals surface area contributed by atoms with Crippen molar-refractivity contribution in [3.05, 3.63) is 44.1 Å². The number of thiophene rings is 1. The largest absolute Gasteiger partial charge is 0.399 e. The Balaban J connectivity index is 2.39. The highest BCUT2D eigenvalue weighted by Gasteiger charge is 2.18. The van der Waals surface area contributed by atoms with Gasteiger partial charge in [-0.15, -0.1) is 11.3 Å². The molecule has 4 nitrogen and oxygen atoms in total. The summed E-state index contributed by atoms with van der Waals surface area (Å²) in [5.74, 6) is -0.558. The van der Waals surface area contributed by atoms with Gasteiger partial charge < -0.3 is 16.8 Å². The van der Waals surface area contributed by atoms with Crippen molar-refractivity contribution in [3.63, 3.8) is 0 Å². The van der Waals surface area contributed by atoms with E-state index in [1.54, 1.807) is 17.4 Å². The van der Waals surface area contributed by atoms with E-state index < -0.39 is 5.91 Å². The molecule has 21 heavy (non-hydrogen) atoms. The maximum absolute atomic E-state index is 11.6. The zero-order chi connectivity index (χ0) is 15.7. The first-order valence-corrected chi connectivity index (χ1v) is 7.71. The van der Waals surface area contributed by atoms with Crippen LogP contribution in [0.4, 0.5) is 11.4 Å². The zero-order valence-electron chi connectivity index (χ0n) is 12.2. The number of halogens is 1. The van der Waals surface area contributed by atoms with E-state index in [4.69, 9.17) is 23.1 Å². The van der Waals surface area contributed by atoms with Gasteiger partial charge in [-0.05, 0) is 44.5 Å². The van der Waals surface area contributed by atoms with E-state index in [0.717, 1.165) is 0 Å². The van der Waals surface area contributed by atoms with Crippen molar-refractivity contribution < 1.29 is 4.79 Å². The van der Waals surface area contributed by atoms with E-state index in [1.807, 2.05) is 6.92 Å². The van der Waals surface area contributed by atoms with Crippen LogP contribution in [0.25, 0.3) is 0 Å². The Kier molecular flexibility index (Phi) is 4.44. The van der Waals surface area contributed by atoms with Gasteiger partial charge in [-0.2, -0.15) is 0 Å². The Morgan fingerprint density at radius 3 is 2.52 bits per heavy atom. The molecule has 1 unspecified atom stereocenters. The standard InChI is InChI=1S/C15H18ClN3OS/c1-7-4-11(9(3)21-7)8(2)19-14-12(15(18)20)5-10(17)6-13(14)16/h4-6,8,19H,17H2,1-3H3,(H2,18,20). The van der Waals surface area contributed by atoms with Crippen molar-refractivity contribution in [1.82, 2.24) is 0 Å². The number of anilines is 2. The van der Waals surface area contributed by atoms with Gasteiger partial charge in [-0.25, -0.2) is 0 Å². The summed E-state index contributed by atoms with van der Waals surface area (Å²) in [6.45, 7) is 6.16. The molecule has 1 heterocycles. The number of hydrogen-bond acceptors (Lipinski definition) is 4. The quantitative estimate of drug-likeness (QED) is 0.747. The second-order valence-electron chi connectivity index (χ2n) is 5.02. The van der Waals surface area contributed by atoms with Crippen LogP contribution in [0.15, 0.2) is 18.2 Å². The Morgan fingerprint density at radius 1 is 1.33 bits per heavy atom. The predicted molar refractivity (Wildman–Crippen MR) is 90.2 cm³/mol. The molecule has 0 spiro atoms. The van der Waals surface area contributed by atoms with E-state index in [2.05, 4.69) is 25.2 Å². The average molecular weight is 324 g/mol. The number of hydrogen-bond donors (Lipinski definition) is 3. The molecule has 112 valence electrons. The second-order valence-corrected chi connectivity index (χ2v) is 6.89. The number of nitrogens with one attached hydrogen (secondary N) is 1. The number of carbonyl (C=O) groups excluding carboxylic acids is 1. The van der Waals surface area contributed by atoms with E-state index in [-0.39, 0.29) is 6.04 Å². The molecule has 6 heteroatoms. The van der Waals surface area contributed by atoms with E-state index in [9.17, 15) is 4.79 Å². The van der Waals surface area contributed by atoms with Crippen LogP contribution in [0.2, 0.25) is 5.02 Å². The Labute approximate surface area is 133 Å². The Morgan fingerprint density at radius 2 is 2.00 bits per heavy atom. The lowest BCUT2D eigenvalue weighted by Gasteiger charge is -2.19. The first kappa shape index (κ1) is 15.7. The summed E-state index contributed by atoms with van der Waals surface area (Å²) >= 11 is 7.95. The minimum absolute atomic E-state index is 0.00849. The van der Waals surface area contributed by atoms with Crippen molar-refractivity contribution in [3.8, 4) is 0 Å². The number of nitrogen functional groups attached to an aromatic ring is 1. The SMILES string of the molecule is Cc1cc(C(C)Nc2c(Cl)cc(N)cc2C(N)=O)c(C)s1. The van der Waals surface area contributed by atoms with Gasteiger partial charge >= 0.3 is 0 Å². The number of primary amides is 1. The lowest BCUT2D eigenvalue weighted by molar-refractivity contribution is 0.100. The number of rotatable bonds is 4. The van der Waals surface area contributed by atoms with Gasteiger partial charge in [0.25, 0.3) is 5.91 Å². The number of aryl methyl sites for hydroxylation is 2. The molecule has 2 rings (SSSR count). The van der Waals surface area contributed by atoms with Gasteiger partial charge in [0.15, 0.2) is 0 Å². The maximum atomic E-state index is 11.6. The molecule has 1 aromatic carbocycles. The molecule has 0 aliphatic carbocycles. The van der Waals surface area contributed by atoms with Gasteiger partial charge in [0, 0.05) is 21.5 Å². The molecule has 0 aliphatic heterocycles. The van der Waals surface area contributed by atoms with Gasteiger partial charge in [0.2, 0.25) is 0 Å². The summed E-state index contributed by atoms with van der Waals surface area (Å²) < 4.78 is 0. The van der Waals surface area contributed by atoms with Gasteiger partial charge in [0.1, 0.15) is 0 Å². The summed E-state index contributed by atoms with van der Waals surface area (Å²) in [6, 6.07) is 5.28. The summed E-state index contributed by atoms with van der Waals surface area (Å²) in [4.78, 5) is 14.1. The average Bonchev–Trinajstić information content (AvgIpc) is 2.71. The van der Waals surface area contributed by atoms with Crippen molar-refractivity contribution in [2.45, 2.75) is 26.8 Å². The molecule has 1 amide bonds. The summed E-state index contributed by atoms with van der Waals surface area (Å²) in [7, 11) is 0. The van der Waals surface area contributed by atoms with Crippen LogP contribution in [0.1, 0.15) is 38.6 Å². The van der Waals surface area contributed by atoms with Gasteiger partial charge in [-0.1, -0.05) is 11.6 Å². The van der Waals surface area contributed by atoms with Crippen molar-refractivity contribution in [2.75, 3.05) is 11.1 Å². The van der Waals surface area contributed by atoms with Crippen LogP contribution < -0.4 is 16.8 Å². The molecule has 5 N–H and O–H groups in total. The molecule has 0 saturated heterocycles. The minimum Gasteiger partial charge on any atom is -0.399 e. The third-order valence-electron chi connectivity index (χ3n) is 3.28. The number of amides is 1. The van der Waals surface area contributed by atoms with Crippen LogP contribution in [0, 0.1) is 13.8 Å².